The van der Waals surface area contributed by atoms with Crippen molar-refractivity contribution in [3.05, 3.63) is 12.4 Å². The van der Waals surface area contributed by atoms with Gasteiger partial charge in [-0.1, -0.05) is 0 Å². The summed E-state index contributed by atoms with van der Waals surface area (Å²) in [6.07, 6.45) is 5.58. The van der Waals surface area contributed by atoms with Gasteiger partial charge in [-0.2, -0.15) is 10.1 Å². The van der Waals surface area contributed by atoms with Crippen molar-refractivity contribution in [1.29, 1.82) is 0 Å². The number of carbonyl (C=O) groups is 1. The first-order chi connectivity index (χ1) is 11.9. The highest BCUT2D eigenvalue weighted by molar-refractivity contribution is 5.76. The zero-order valence-electron chi connectivity index (χ0n) is 15.1. The molecule has 2 aromatic heterocycles. The van der Waals surface area contributed by atoms with Gasteiger partial charge in [-0.3, -0.25) is 0 Å². The number of urea groups is 1. The van der Waals surface area contributed by atoms with E-state index in [2.05, 4.69) is 41.1 Å². The minimum atomic E-state index is -0.122. The normalized spacial score (nSPS) is 19.7. The van der Waals surface area contributed by atoms with Crippen molar-refractivity contribution in [2.24, 2.45) is 0 Å². The molecule has 2 fully saturated rings. The van der Waals surface area contributed by atoms with Crippen molar-refractivity contribution in [2.75, 3.05) is 31.1 Å². The summed E-state index contributed by atoms with van der Waals surface area (Å²) in [6, 6.07) is 0.396. The van der Waals surface area contributed by atoms with Crippen molar-refractivity contribution in [3.8, 4) is 0 Å². The van der Waals surface area contributed by atoms with Crippen LogP contribution in [-0.4, -0.2) is 62.9 Å². The minimum Gasteiger partial charge on any atom is -0.341 e. The Hall–Kier alpha value is -2.38. The summed E-state index contributed by atoms with van der Waals surface area (Å²) in [5.74, 6) is 0.753. The molecule has 25 heavy (non-hydrogen) atoms. The molecule has 2 aliphatic heterocycles. The summed E-state index contributed by atoms with van der Waals surface area (Å²) in [5, 5.41) is 8.32. The maximum absolute atomic E-state index is 11.8. The molecule has 0 saturated carbocycles. The van der Waals surface area contributed by atoms with Gasteiger partial charge >= 0.3 is 6.03 Å². The van der Waals surface area contributed by atoms with Crippen LogP contribution in [-0.2, 0) is 5.54 Å². The number of amides is 2. The lowest BCUT2D eigenvalue weighted by atomic mass is 10.0. The SMILES string of the molecule is CC(C)(C)n1ncc2cnc(N3CCC(N4CCNC4=O)CC3)nc21. The van der Waals surface area contributed by atoms with Crippen LogP contribution < -0.4 is 10.2 Å². The molecule has 134 valence electrons. The van der Waals surface area contributed by atoms with Crippen LogP contribution in [0.25, 0.3) is 11.0 Å². The minimum absolute atomic E-state index is 0.0743. The van der Waals surface area contributed by atoms with E-state index in [4.69, 9.17) is 4.98 Å². The molecule has 0 spiro atoms. The number of aromatic nitrogens is 4. The molecular weight excluding hydrogens is 318 g/mol. The highest BCUT2D eigenvalue weighted by atomic mass is 16.2. The second-order valence-electron chi connectivity index (χ2n) is 7.82. The Bertz CT molecular complexity index is 786. The number of carbonyl (C=O) groups excluding carboxylic acids is 1. The standard InChI is InChI=1S/C17H25N7O/c1-17(2,3)24-14-12(11-20-24)10-19-15(21-14)22-7-4-13(5-8-22)23-9-6-18-16(23)25/h10-11,13H,4-9H2,1-3H3,(H,18,25). The van der Waals surface area contributed by atoms with E-state index in [0.29, 0.717) is 6.04 Å². The van der Waals surface area contributed by atoms with E-state index in [9.17, 15) is 4.79 Å². The molecule has 8 heteroatoms. The maximum Gasteiger partial charge on any atom is 0.317 e. The largest absolute Gasteiger partial charge is 0.341 e. The number of rotatable bonds is 2. The molecule has 2 saturated heterocycles. The van der Waals surface area contributed by atoms with E-state index in [1.54, 1.807) is 0 Å². The molecule has 0 bridgehead atoms. The van der Waals surface area contributed by atoms with Gasteiger partial charge in [-0.25, -0.2) is 14.5 Å². The smallest absolute Gasteiger partial charge is 0.317 e. The second kappa shape index (κ2) is 5.86. The van der Waals surface area contributed by atoms with Crippen molar-refractivity contribution >= 4 is 23.0 Å². The number of nitrogens with one attached hydrogen (secondary N) is 1. The van der Waals surface area contributed by atoms with E-state index in [1.807, 2.05) is 22.0 Å². The third-order valence-electron chi connectivity index (χ3n) is 5.01. The predicted octanol–water partition coefficient (Wildman–Crippen LogP) is 1.58. The van der Waals surface area contributed by atoms with E-state index in [-0.39, 0.29) is 11.6 Å². The van der Waals surface area contributed by atoms with E-state index >= 15 is 0 Å². The number of nitrogens with zero attached hydrogens (tertiary/aromatic N) is 6. The van der Waals surface area contributed by atoms with Gasteiger partial charge < -0.3 is 15.1 Å². The lowest BCUT2D eigenvalue weighted by molar-refractivity contribution is 0.186. The number of hydrogen-bond donors (Lipinski definition) is 1. The Kier molecular flexibility index (Phi) is 3.77. The van der Waals surface area contributed by atoms with E-state index in [1.165, 1.54) is 0 Å². The number of piperidine rings is 1. The van der Waals surface area contributed by atoms with Crippen molar-refractivity contribution < 1.29 is 4.79 Å². The molecular formula is C17H25N7O. The molecule has 8 nitrogen and oxygen atoms in total. The van der Waals surface area contributed by atoms with E-state index in [0.717, 1.165) is 56.0 Å². The Balaban J connectivity index is 1.52. The fourth-order valence-corrected chi connectivity index (χ4v) is 3.66. The van der Waals surface area contributed by atoms with Crippen LogP contribution in [0.3, 0.4) is 0 Å². The summed E-state index contributed by atoms with van der Waals surface area (Å²) in [5.41, 5.74) is 0.752. The Morgan fingerprint density at radius 1 is 1.16 bits per heavy atom. The molecule has 0 radical (unpaired) electrons. The van der Waals surface area contributed by atoms with Gasteiger partial charge in [-0.15, -0.1) is 0 Å². The Morgan fingerprint density at radius 2 is 1.92 bits per heavy atom. The highest BCUT2D eigenvalue weighted by Gasteiger charge is 2.31. The third kappa shape index (κ3) is 2.89. The summed E-state index contributed by atoms with van der Waals surface area (Å²) >= 11 is 0. The first-order valence-corrected chi connectivity index (χ1v) is 8.94. The van der Waals surface area contributed by atoms with Crippen LogP contribution in [0.2, 0.25) is 0 Å². The van der Waals surface area contributed by atoms with Gasteiger partial charge in [-0.05, 0) is 33.6 Å². The van der Waals surface area contributed by atoms with Gasteiger partial charge in [0.05, 0.1) is 17.1 Å². The fourth-order valence-electron chi connectivity index (χ4n) is 3.66. The number of anilines is 1. The third-order valence-corrected chi connectivity index (χ3v) is 5.01. The number of fused-ring (bicyclic) bond motifs is 1. The molecule has 1 N–H and O–H groups in total. The van der Waals surface area contributed by atoms with Gasteiger partial charge in [0.25, 0.3) is 0 Å². The quantitative estimate of drug-likeness (QED) is 0.895. The van der Waals surface area contributed by atoms with Crippen LogP contribution in [0.5, 0.6) is 0 Å². The molecule has 2 aliphatic rings. The number of hydrogen-bond acceptors (Lipinski definition) is 5. The lowest BCUT2D eigenvalue weighted by Gasteiger charge is -2.36. The molecule has 2 amide bonds. The average Bonchev–Trinajstić information content (AvgIpc) is 3.20. The average molecular weight is 343 g/mol. The van der Waals surface area contributed by atoms with Crippen LogP contribution in [0.4, 0.5) is 10.7 Å². The van der Waals surface area contributed by atoms with Crippen LogP contribution in [0, 0.1) is 0 Å². The summed E-state index contributed by atoms with van der Waals surface area (Å²) in [7, 11) is 0. The molecule has 0 aliphatic carbocycles. The summed E-state index contributed by atoms with van der Waals surface area (Å²) < 4.78 is 1.95. The Morgan fingerprint density at radius 3 is 2.56 bits per heavy atom. The maximum atomic E-state index is 11.8. The fraction of sp³-hybridized carbons (Fsp3) is 0.647. The van der Waals surface area contributed by atoms with Crippen molar-refractivity contribution in [3.63, 3.8) is 0 Å². The Labute approximate surface area is 147 Å². The lowest BCUT2D eigenvalue weighted by Crippen LogP contribution is -2.46. The monoisotopic (exact) mass is 343 g/mol. The molecule has 0 unspecified atom stereocenters. The molecule has 2 aromatic rings. The van der Waals surface area contributed by atoms with Gasteiger partial charge in [0.1, 0.15) is 0 Å². The van der Waals surface area contributed by atoms with Crippen LogP contribution in [0.15, 0.2) is 12.4 Å². The second-order valence-corrected chi connectivity index (χ2v) is 7.82. The van der Waals surface area contributed by atoms with Gasteiger partial charge in [0.15, 0.2) is 5.65 Å². The summed E-state index contributed by atoms with van der Waals surface area (Å²) in [4.78, 5) is 25.3. The summed E-state index contributed by atoms with van der Waals surface area (Å²) in [6.45, 7) is 9.66. The van der Waals surface area contributed by atoms with Gasteiger partial charge in [0, 0.05) is 38.4 Å². The molecule has 4 heterocycles. The van der Waals surface area contributed by atoms with Crippen molar-refractivity contribution in [2.45, 2.75) is 45.2 Å². The topological polar surface area (TPSA) is 79.2 Å². The molecule has 0 aromatic carbocycles. The highest BCUT2D eigenvalue weighted by Crippen LogP contribution is 2.24. The zero-order chi connectivity index (χ0) is 17.6. The van der Waals surface area contributed by atoms with Gasteiger partial charge in [0.2, 0.25) is 5.95 Å². The van der Waals surface area contributed by atoms with Crippen molar-refractivity contribution in [1.82, 2.24) is 30.0 Å². The van der Waals surface area contributed by atoms with Crippen LogP contribution in [0.1, 0.15) is 33.6 Å². The van der Waals surface area contributed by atoms with Crippen LogP contribution >= 0.6 is 0 Å². The first kappa shape index (κ1) is 16.1. The first-order valence-electron chi connectivity index (χ1n) is 8.94. The predicted molar refractivity (Wildman–Crippen MR) is 95.7 cm³/mol. The zero-order valence-corrected chi connectivity index (χ0v) is 15.1. The molecule has 0 atom stereocenters. The molecule has 4 rings (SSSR count). The van der Waals surface area contributed by atoms with E-state index < -0.39 is 0 Å².